The van der Waals surface area contributed by atoms with E-state index in [0.29, 0.717) is 19.4 Å². The summed E-state index contributed by atoms with van der Waals surface area (Å²) in [7, 11) is -7.45. The molecule has 1 aromatic carbocycles. The fraction of sp³-hybridized carbons (Fsp3) is 0.562. The van der Waals surface area contributed by atoms with Gasteiger partial charge in [-0.2, -0.15) is 8.61 Å². The molecular weight excluding hydrogens is 397 g/mol. The van der Waals surface area contributed by atoms with Gasteiger partial charge in [-0.1, -0.05) is 12.1 Å². The van der Waals surface area contributed by atoms with Crippen LogP contribution >= 0.6 is 0 Å². The molecule has 3 rings (SSSR count). The van der Waals surface area contributed by atoms with Gasteiger partial charge in [-0.15, -0.1) is 0 Å². The standard InChI is InChI=1S/C16H22FN3O5S2/c1-26(22,23)20-8-4-6-14(20)16(21)18-9-11-19(12-10-18)27(24,25)15-7-3-2-5-13(15)17/h2-3,5,7,14H,4,6,8-12H2,1H3/t14-/m0/s1. The summed E-state index contributed by atoms with van der Waals surface area (Å²) in [6, 6.07) is 4.45. The van der Waals surface area contributed by atoms with Gasteiger partial charge in [-0.05, 0) is 25.0 Å². The van der Waals surface area contributed by atoms with Crippen LogP contribution in [0.5, 0.6) is 0 Å². The molecule has 27 heavy (non-hydrogen) atoms. The lowest BCUT2D eigenvalue weighted by Gasteiger charge is -2.36. The number of benzene rings is 1. The Kier molecular flexibility index (Phi) is 5.57. The Morgan fingerprint density at radius 2 is 1.67 bits per heavy atom. The van der Waals surface area contributed by atoms with Crippen molar-refractivity contribution in [3.8, 4) is 0 Å². The van der Waals surface area contributed by atoms with E-state index in [2.05, 4.69) is 0 Å². The molecule has 11 heteroatoms. The van der Waals surface area contributed by atoms with Gasteiger partial charge in [-0.25, -0.2) is 21.2 Å². The summed E-state index contributed by atoms with van der Waals surface area (Å²) in [6.45, 7) is 0.667. The van der Waals surface area contributed by atoms with Crippen molar-refractivity contribution in [2.75, 3.05) is 39.0 Å². The van der Waals surface area contributed by atoms with Gasteiger partial charge in [0, 0.05) is 32.7 Å². The third-order valence-corrected chi connectivity index (χ3v) is 8.14. The van der Waals surface area contributed by atoms with Crippen LogP contribution < -0.4 is 0 Å². The number of hydrogen-bond acceptors (Lipinski definition) is 5. The van der Waals surface area contributed by atoms with Gasteiger partial charge < -0.3 is 4.90 Å². The highest BCUT2D eigenvalue weighted by Crippen LogP contribution is 2.24. The molecule has 0 aliphatic carbocycles. The summed E-state index contributed by atoms with van der Waals surface area (Å²) < 4.78 is 65.1. The largest absolute Gasteiger partial charge is 0.339 e. The molecule has 0 bridgehead atoms. The van der Waals surface area contributed by atoms with Crippen LogP contribution in [-0.2, 0) is 24.8 Å². The first-order valence-electron chi connectivity index (χ1n) is 8.62. The maximum atomic E-state index is 13.9. The van der Waals surface area contributed by atoms with Crippen LogP contribution in [0.4, 0.5) is 4.39 Å². The highest BCUT2D eigenvalue weighted by atomic mass is 32.2. The van der Waals surface area contributed by atoms with E-state index < -0.39 is 31.9 Å². The lowest BCUT2D eigenvalue weighted by atomic mass is 10.2. The molecule has 0 N–H and O–H groups in total. The summed E-state index contributed by atoms with van der Waals surface area (Å²) in [5.74, 6) is -1.12. The maximum absolute atomic E-state index is 13.9. The first-order valence-corrected chi connectivity index (χ1v) is 11.9. The van der Waals surface area contributed by atoms with Gasteiger partial charge in [0.2, 0.25) is 26.0 Å². The Morgan fingerprint density at radius 3 is 2.26 bits per heavy atom. The second-order valence-corrected chi connectivity index (χ2v) is 10.5. The first kappa shape index (κ1) is 20.2. The van der Waals surface area contributed by atoms with Crippen molar-refractivity contribution in [1.82, 2.24) is 13.5 Å². The molecule has 0 aromatic heterocycles. The molecular formula is C16H22FN3O5S2. The summed E-state index contributed by atoms with van der Waals surface area (Å²) in [5, 5.41) is 0. The summed E-state index contributed by atoms with van der Waals surface area (Å²) in [4.78, 5) is 13.8. The number of amides is 1. The van der Waals surface area contributed by atoms with E-state index >= 15 is 0 Å². The Hall–Kier alpha value is -1.56. The van der Waals surface area contributed by atoms with Crippen LogP contribution in [0.25, 0.3) is 0 Å². The van der Waals surface area contributed by atoms with Crippen LogP contribution in [0.15, 0.2) is 29.2 Å². The van der Waals surface area contributed by atoms with Crippen molar-refractivity contribution in [2.45, 2.75) is 23.8 Å². The molecule has 0 unspecified atom stereocenters. The van der Waals surface area contributed by atoms with Gasteiger partial charge in [0.1, 0.15) is 16.8 Å². The van der Waals surface area contributed by atoms with Gasteiger partial charge in [-0.3, -0.25) is 4.79 Å². The zero-order valence-corrected chi connectivity index (χ0v) is 16.5. The quantitative estimate of drug-likeness (QED) is 0.689. The number of piperazine rings is 1. The van der Waals surface area contributed by atoms with Gasteiger partial charge in [0.25, 0.3) is 0 Å². The van der Waals surface area contributed by atoms with Crippen LogP contribution in [0, 0.1) is 5.82 Å². The molecule has 0 spiro atoms. The SMILES string of the molecule is CS(=O)(=O)N1CCC[C@H]1C(=O)N1CCN(S(=O)(=O)c2ccccc2F)CC1. The summed E-state index contributed by atoms with van der Waals surface area (Å²) >= 11 is 0. The zero-order chi connectivity index (χ0) is 19.8. The molecule has 2 heterocycles. The number of carbonyl (C=O) groups is 1. The van der Waals surface area contributed by atoms with Crippen molar-refractivity contribution in [2.24, 2.45) is 0 Å². The molecule has 1 atom stereocenters. The number of hydrogen-bond donors (Lipinski definition) is 0. The first-order chi connectivity index (χ1) is 12.6. The number of halogens is 1. The Bertz CT molecular complexity index is 927. The van der Waals surface area contributed by atoms with Crippen molar-refractivity contribution >= 4 is 26.0 Å². The fourth-order valence-corrected chi connectivity index (χ4v) is 6.14. The van der Waals surface area contributed by atoms with Crippen LogP contribution in [0.3, 0.4) is 0 Å². The fourth-order valence-electron chi connectivity index (χ4n) is 3.54. The van der Waals surface area contributed by atoms with Gasteiger partial charge >= 0.3 is 0 Å². The third kappa shape index (κ3) is 4.00. The monoisotopic (exact) mass is 419 g/mol. The Labute approximate surface area is 158 Å². The smallest absolute Gasteiger partial charge is 0.246 e. The van der Waals surface area contributed by atoms with Crippen molar-refractivity contribution < 1.29 is 26.0 Å². The maximum Gasteiger partial charge on any atom is 0.246 e. The molecule has 1 aromatic rings. The van der Waals surface area contributed by atoms with E-state index in [-0.39, 0.29) is 37.0 Å². The van der Waals surface area contributed by atoms with E-state index in [9.17, 15) is 26.0 Å². The van der Waals surface area contributed by atoms with E-state index in [1.807, 2.05) is 0 Å². The highest BCUT2D eigenvalue weighted by molar-refractivity contribution is 7.89. The molecule has 0 radical (unpaired) electrons. The molecule has 2 saturated heterocycles. The summed E-state index contributed by atoms with van der Waals surface area (Å²) in [5.41, 5.74) is 0. The van der Waals surface area contributed by atoms with Crippen molar-refractivity contribution in [3.05, 3.63) is 30.1 Å². The van der Waals surface area contributed by atoms with Gasteiger partial charge in [0.05, 0.1) is 6.26 Å². The molecule has 8 nitrogen and oxygen atoms in total. The van der Waals surface area contributed by atoms with E-state index in [1.165, 1.54) is 27.4 Å². The normalized spacial score (nSPS) is 22.9. The third-order valence-electron chi connectivity index (χ3n) is 4.92. The molecule has 2 aliphatic heterocycles. The Balaban J connectivity index is 1.69. The van der Waals surface area contributed by atoms with Crippen molar-refractivity contribution in [1.29, 1.82) is 0 Å². The highest BCUT2D eigenvalue weighted by Gasteiger charge is 2.40. The number of carbonyl (C=O) groups excluding carboxylic acids is 1. The number of rotatable bonds is 4. The average molecular weight is 420 g/mol. The lowest BCUT2D eigenvalue weighted by molar-refractivity contribution is -0.135. The Morgan fingerprint density at radius 1 is 1.04 bits per heavy atom. The molecule has 2 aliphatic rings. The van der Waals surface area contributed by atoms with Crippen LogP contribution in [0.1, 0.15) is 12.8 Å². The molecule has 0 saturated carbocycles. The topological polar surface area (TPSA) is 95.1 Å². The van der Waals surface area contributed by atoms with E-state index in [0.717, 1.165) is 16.6 Å². The minimum absolute atomic E-state index is 0.0357. The van der Waals surface area contributed by atoms with Gasteiger partial charge in [0.15, 0.2) is 0 Å². The van der Waals surface area contributed by atoms with Crippen LogP contribution in [-0.4, -0.2) is 81.3 Å². The predicted octanol–water partition coefficient (Wildman–Crippen LogP) is 0.0826. The average Bonchev–Trinajstić information content (AvgIpc) is 3.11. The minimum atomic E-state index is -3.98. The second-order valence-electron chi connectivity index (χ2n) is 6.69. The number of sulfonamides is 2. The second kappa shape index (κ2) is 7.46. The molecule has 2 fully saturated rings. The van der Waals surface area contributed by atoms with E-state index in [4.69, 9.17) is 0 Å². The van der Waals surface area contributed by atoms with Crippen molar-refractivity contribution in [3.63, 3.8) is 0 Å². The van der Waals surface area contributed by atoms with Crippen LogP contribution in [0.2, 0.25) is 0 Å². The predicted molar refractivity (Wildman–Crippen MR) is 96.3 cm³/mol. The van der Waals surface area contributed by atoms with E-state index in [1.54, 1.807) is 0 Å². The zero-order valence-electron chi connectivity index (χ0n) is 14.9. The molecule has 150 valence electrons. The number of nitrogens with zero attached hydrogens (tertiary/aromatic N) is 3. The minimum Gasteiger partial charge on any atom is -0.339 e. The summed E-state index contributed by atoms with van der Waals surface area (Å²) in [6.07, 6.45) is 2.16. The molecule has 1 amide bonds. The lowest BCUT2D eigenvalue weighted by Crippen LogP contribution is -2.55.